The molecule has 1 atom stereocenters. The fourth-order valence-corrected chi connectivity index (χ4v) is 3.71. The van der Waals surface area contributed by atoms with Gasteiger partial charge in [0, 0.05) is 18.2 Å². The molecule has 23 heavy (non-hydrogen) atoms. The van der Waals surface area contributed by atoms with Crippen LogP contribution in [0.5, 0.6) is 5.88 Å². The van der Waals surface area contributed by atoms with Crippen LogP contribution in [0.3, 0.4) is 0 Å². The number of hydrogen-bond acceptors (Lipinski definition) is 4. The van der Waals surface area contributed by atoms with E-state index in [4.69, 9.17) is 4.74 Å². The largest absolute Gasteiger partial charge is 0.481 e. The van der Waals surface area contributed by atoms with Crippen LogP contribution in [0.15, 0.2) is 18.3 Å². The Morgan fingerprint density at radius 3 is 2.61 bits per heavy atom. The first kappa shape index (κ1) is 16.2. The summed E-state index contributed by atoms with van der Waals surface area (Å²) < 4.78 is 5.10. The first-order valence-corrected chi connectivity index (χ1v) is 8.65. The number of nitrogens with zero attached hydrogens (tertiary/aromatic N) is 1. The fourth-order valence-electron chi connectivity index (χ4n) is 3.71. The number of carbonyl (C=O) groups is 1. The summed E-state index contributed by atoms with van der Waals surface area (Å²) in [7, 11) is 1.59. The minimum absolute atomic E-state index is 0.0637. The molecule has 5 heteroatoms. The van der Waals surface area contributed by atoms with Crippen LogP contribution in [-0.4, -0.2) is 29.2 Å². The van der Waals surface area contributed by atoms with Crippen molar-refractivity contribution >= 4 is 5.91 Å². The first-order valence-electron chi connectivity index (χ1n) is 8.65. The number of ether oxygens (including phenoxy) is 1. The van der Waals surface area contributed by atoms with E-state index in [0.717, 1.165) is 44.1 Å². The van der Waals surface area contributed by atoms with Gasteiger partial charge in [-0.25, -0.2) is 4.98 Å². The van der Waals surface area contributed by atoms with Crippen molar-refractivity contribution in [3.8, 4) is 5.88 Å². The highest BCUT2D eigenvalue weighted by Crippen LogP contribution is 2.38. The number of methoxy groups -OCH3 is 1. The predicted octanol–water partition coefficient (Wildman–Crippen LogP) is 2.60. The lowest BCUT2D eigenvalue weighted by atomic mass is 9.75. The Kier molecular flexibility index (Phi) is 5.16. The van der Waals surface area contributed by atoms with Gasteiger partial charge < -0.3 is 15.2 Å². The van der Waals surface area contributed by atoms with E-state index in [2.05, 4.69) is 10.3 Å². The Bertz CT molecular complexity index is 520. The first-order chi connectivity index (χ1) is 11.2. The van der Waals surface area contributed by atoms with E-state index in [0.29, 0.717) is 5.88 Å². The van der Waals surface area contributed by atoms with Gasteiger partial charge in [0.2, 0.25) is 11.8 Å². The van der Waals surface area contributed by atoms with E-state index in [9.17, 15) is 9.90 Å². The molecule has 2 aliphatic rings. The number of aliphatic hydroxyl groups excluding tert-OH is 1. The van der Waals surface area contributed by atoms with E-state index in [1.165, 1.54) is 6.42 Å². The molecule has 0 aromatic carbocycles. The molecule has 2 aliphatic carbocycles. The lowest BCUT2D eigenvalue weighted by Gasteiger charge is -2.39. The van der Waals surface area contributed by atoms with Crippen molar-refractivity contribution < 1.29 is 14.6 Å². The van der Waals surface area contributed by atoms with Gasteiger partial charge in [0.15, 0.2) is 0 Å². The van der Waals surface area contributed by atoms with E-state index in [1.54, 1.807) is 13.3 Å². The van der Waals surface area contributed by atoms with Crippen molar-refractivity contribution in [3.63, 3.8) is 0 Å². The predicted molar refractivity (Wildman–Crippen MR) is 87.0 cm³/mol. The molecule has 2 N–H and O–H groups in total. The van der Waals surface area contributed by atoms with Crippen LogP contribution in [0.1, 0.15) is 56.6 Å². The second-order valence-corrected chi connectivity index (χ2v) is 6.84. The van der Waals surface area contributed by atoms with Crippen LogP contribution in [0.2, 0.25) is 0 Å². The number of rotatable bonds is 5. The summed E-state index contributed by atoms with van der Waals surface area (Å²) in [4.78, 5) is 16.9. The highest BCUT2D eigenvalue weighted by Gasteiger charge is 2.36. The van der Waals surface area contributed by atoms with Gasteiger partial charge in [-0.2, -0.15) is 0 Å². The third-order valence-electron chi connectivity index (χ3n) is 5.22. The van der Waals surface area contributed by atoms with E-state index < -0.39 is 0 Å². The smallest absolute Gasteiger partial charge is 0.223 e. The van der Waals surface area contributed by atoms with Crippen LogP contribution in [0.25, 0.3) is 0 Å². The van der Waals surface area contributed by atoms with Gasteiger partial charge in [0.05, 0.1) is 19.3 Å². The SMILES string of the molecule is COc1ccc(C(NC(=O)C2CCCCC2)C2CC(O)C2)cn1. The molecule has 1 amide bonds. The lowest BCUT2D eigenvalue weighted by molar-refractivity contribution is -0.127. The molecule has 1 heterocycles. The molecule has 5 nitrogen and oxygen atoms in total. The molecule has 3 rings (SSSR count). The van der Waals surface area contributed by atoms with Gasteiger partial charge in [-0.1, -0.05) is 25.3 Å². The number of pyridine rings is 1. The quantitative estimate of drug-likeness (QED) is 0.875. The number of nitrogens with one attached hydrogen (secondary N) is 1. The van der Waals surface area contributed by atoms with Gasteiger partial charge in [0.25, 0.3) is 0 Å². The van der Waals surface area contributed by atoms with E-state index >= 15 is 0 Å². The molecule has 0 spiro atoms. The monoisotopic (exact) mass is 318 g/mol. The van der Waals surface area contributed by atoms with Crippen molar-refractivity contribution in [2.75, 3.05) is 7.11 Å². The topological polar surface area (TPSA) is 71.5 Å². The number of carbonyl (C=O) groups excluding carboxylic acids is 1. The summed E-state index contributed by atoms with van der Waals surface area (Å²) >= 11 is 0. The van der Waals surface area contributed by atoms with Gasteiger partial charge in [-0.15, -0.1) is 0 Å². The van der Waals surface area contributed by atoms with Gasteiger partial charge in [-0.3, -0.25) is 4.79 Å². The van der Waals surface area contributed by atoms with E-state index in [-0.39, 0.29) is 29.9 Å². The number of amides is 1. The molecule has 1 aromatic heterocycles. The van der Waals surface area contributed by atoms with Crippen LogP contribution in [0, 0.1) is 11.8 Å². The molecule has 2 fully saturated rings. The molecule has 1 unspecified atom stereocenters. The van der Waals surface area contributed by atoms with Gasteiger partial charge in [0.1, 0.15) is 0 Å². The van der Waals surface area contributed by atoms with Crippen molar-refractivity contribution in [3.05, 3.63) is 23.9 Å². The summed E-state index contributed by atoms with van der Waals surface area (Å²) in [5, 5.41) is 12.9. The summed E-state index contributed by atoms with van der Waals surface area (Å²) in [6, 6.07) is 3.72. The minimum Gasteiger partial charge on any atom is -0.481 e. The highest BCUT2D eigenvalue weighted by atomic mass is 16.5. The van der Waals surface area contributed by atoms with E-state index in [1.807, 2.05) is 12.1 Å². The average molecular weight is 318 g/mol. The average Bonchev–Trinajstić information content (AvgIpc) is 2.58. The van der Waals surface area contributed by atoms with Gasteiger partial charge >= 0.3 is 0 Å². The Balaban J connectivity index is 1.71. The fraction of sp³-hybridized carbons (Fsp3) is 0.667. The summed E-state index contributed by atoms with van der Waals surface area (Å²) in [6.45, 7) is 0. The van der Waals surface area contributed by atoms with Crippen LogP contribution in [-0.2, 0) is 4.79 Å². The van der Waals surface area contributed by atoms with Crippen molar-refractivity contribution in [1.82, 2.24) is 10.3 Å². The second-order valence-electron chi connectivity index (χ2n) is 6.84. The molecule has 2 saturated carbocycles. The maximum atomic E-state index is 12.6. The summed E-state index contributed by atoms with van der Waals surface area (Å²) in [5.41, 5.74) is 0.992. The third kappa shape index (κ3) is 3.83. The zero-order chi connectivity index (χ0) is 16.2. The highest BCUT2D eigenvalue weighted by molar-refractivity contribution is 5.79. The Morgan fingerprint density at radius 1 is 1.30 bits per heavy atom. The molecule has 0 radical (unpaired) electrons. The molecular formula is C18H26N2O3. The summed E-state index contributed by atoms with van der Waals surface area (Å²) in [6.07, 6.45) is 8.53. The van der Waals surface area contributed by atoms with Crippen molar-refractivity contribution in [2.24, 2.45) is 11.8 Å². The molecule has 126 valence electrons. The lowest BCUT2D eigenvalue weighted by Crippen LogP contribution is -2.43. The van der Waals surface area contributed by atoms with Gasteiger partial charge in [-0.05, 0) is 37.2 Å². The van der Waals surface area contributed by atoms with Crippen LogP contribution >= 0.6 is 0 Å². The molecule has 0 saturated heterocycles. The molecule has 0 aliphatic heterocycles. The Hall–Kier alpha value is -1.62. The Morgan fingerprint density at radius 2 is 2.04 bits per heavy atom. The van der Waals surface area contributed by atoms with Crippen LogP contribution < -0.4 is 10.1 Å². The second kappa shape index (κ2) is 7.30. The standard InChI is InChI=1S/C18H26N2O3/c1-23-16-8-7-13(11-19-16)17(14-9-15(21)10-14)20-18(22)12-5-3-2-4-6-12/h7-8,11-12,14-15,17,21H,2-6,9-10H2,1H3,(H,20,22). The number of hydrogen-bond donors (Lipinski definition) is 2. The number of aromatic nitrogens is 1. The normalized spacial score (nSPS) is 26.2. The van der Waals surface area contributed by atoms with Crippen molar-refractivity contribution in [2.45, 2.75) is 57.1 Å². The minimum atomic E-state index is -0.236. The van der Waals surface area contributed by atoms with Crippen molar-refractivity contribution in [1.29, 1.82) is 0 Å². The maximum Gasteiger partial charge on any atom is 0.223 e. The zero-order valence-corrected chi connectivity index (χ0v) is 13.7. The summed E-state index contributed by atoms with van der Waals surface area (Å²) in [5.74, 6) is 1.15. The Labute approximate surface area is 137 Å². The number of aliphatic hydroxyl groups is 1. The molecular weight excluding hydrogens is 292 g/mol. The third-order valence-corrected chi connectivity index (χ3v) is 5.22. The maximum absolute atomic E-state index is 12.6. The molecule has 0 bridgehead atoms. The van der Waals surface area contributed by atoms with Crippen LogP contribution in [0.4, 0.5) is 0 Å². The molecule has 1 aromatic rings. The zero-order valence-electron chi connectivity index (χ0n) is 13.7.